The van der Waals surface area contributed by atoms with Gasteiger partial charge in [-0.25, -0.2) is 0 Å². The highest BCUT2D eigenvalue weighted by molar-refractivity contribution is 8.00. The molecule has 1 heterocycles. The lowest BCUT2D eigenvalue weighted by Gasteiger charge is -2.35. The van der Waals surface area contributed by atoms with Gasteiger partial charge in [-0.3, -0.25) is 9.59 Å². The number of aryl methyl sites for hydroxylation is 1. The van der Waals surface area contributed by atoms with Crippen molar-refractivity contribution in [1.29, 1.82) is 0 Å². The van der Waals surface area contributed by atoms with E-state index in [-0.39, 0.29) is 23.2 Å². The molecule has 2 aliphatic rings. The molecule has 0 spiro atoms. The van der Waals surface area contributed by atoms with Crippen LogP contribution in [0.2, 0.25) is 0 Å². The molecule has 3 atom stereocenters. The first-order valence-electron chi connectivity index (χ1n) is 12.0. The van der Waals surface area contributed by atoms with E-state index in [2.05, 4.69) is 24.4 Å². The number of benzene rings is 2. The molecule has 1 aliphatic carbocycles. The second-order valence-corrected chi connectivity index (χ2v) is 10.3. The van der Waals surface area contributed by atoms with Crippen LogP contribution in [0.4, 0.5) is 0 Å². The van der Waals surface area contributed by atoms with Crippen molar-refractivity contribution in [3.63, 3.8) is 0 Å². The van der Waals surface area contributed by atoms with Crippen LogP contribution < -0.4 is 5.32 Å². The third kappa shape index (κ3) is 5.55. The van der Waals surface area contributed by atoms with Crippen molar-refractivity contribution >= 4 is 23.6 Å². The van der Waals surface area contributed by atoms with Gasteiger partial charge in [-0.1, -0.05) is 67.8 Å². The molecule has 0 aromatic heterocycles. The fourth-order valence-corrected chi connectivity index (χ4v) is 6.58. The van der Waals surface area contributed by atoms with Gasteiger partial charge in [-0.2, -0.15) is 0 Å². The lowest BCUT2D eigenvalue weighted by Crippen LogP contribution is -2.52. The Labute approximate surface area is 196 Å². The first-order valence-corrected chi connectivity index (χ1v) is 13.0. The van der Waals surface area contributed by atoms with E-state index in [0.717, 1.165) is 25.7 Å². The number of hydrogen-bond donors (Lipinski definition) is 1. The number of carbonyl (C=O) groups excluding carboxylic acids is 2. The van der Waals surface area contributed by atoms with E-state index < -0.39 is 6.04 Å². The van der Waals surface area contributed by atoms with Crippen LogP contribution in [0.15, 0.2) is 60.7 Å². The third-order valence-corrected chi connectivity index (χ3v) is 8.21. The van der Waals surface area contributed by atoms with Gasteiger partial charge in [0.05, 0.1) is 5.37 Å². The predicted octanol–water partition coefficient (Wildman–Crippen LogP) is 5.29. The van der Waals surface area contributed by atoms with Crippen LogP contribution >= 0.6 is 11.8 Å². The first-order chi connectivity index (χ1) is 15.6. The molecule has 1 saturated carbocycles. The molecule has 1 aliphatic heterocycles. The van der Waals surface area contributed by atoms with E-state index in [1.54, 1.807) is 11.8 Å². The molecule has 170 valence electrons. The van der Waals surface area contributed by atoms with E-state index in [0.29, 0.717) is 17.2 Å². The minimum Gasteiger partial charge on any atom is -0.352 e. The molecule has 1 saturated heterocycles. The Kier molecular flexibility index (Phi) is 7.90. The summed E-state index contributed by atoms with van der Waals surface area (Å²) in [7, 11) is 0. The standard InChI is InChI=1S/C27H34N2O2S/c1-20(17-18-21-11-5-2-6-12-21)28-25(30)24-19-32-27(23-15-9-4-10-16-23)29(24)26(31)22-13-7-3-8-14-22/h2-3,5-8,11-14,20,23-24,27H,4,9-10,15-19H2,1H3,(H,28,30). The van der Waals surface area contributed by atoms with Gasteiger partial charge < -0.3 is 10.2 Å². The summed E-state index contributed by atoms with van der Waals surface area (Å²) in [6, 6.07) is 19.5. The van der Waals surface area contributed by atoms with Crippen LogP contribution in [0.1, 0.15) is 61.4 Å². The Bertz CT molecular complexity index is 883. The Morgan fingerprint density at radius 2 is 1.66 bits per heavy atom. The summed E-state index contributed by atoms with van der Waals surface area (Å²) in [5.74, 6) is 1.13. The Balaban J connectivity index is 1.45. The van der Waals surface area contributed by atoms with E-state index in [1.807, 2.05) is 53.4 Å². The largest absolute Gasteiger partial charge is 0.352 e. The van der Waals surface area contributed by atoms with Gasteiger partial charge >= 0.3 is 0 Å². The van der Waals surface area contributed by atoms with Gasteiger partial charge in [0.15, 0.2) is 0 Å². The molecule has 4 rings (SSSR count). The van der Waals surface area contributed by atoms with Crippen LogP contribution in [0.3, 0.4) is 0 Å². The Morgan fingerprint density at radius 1 is 1.00 bits per heavy atom. The highest BCUT2D eigenvalue weighted by Gasteiger charge is 2.45. The Hall–Kier alpha value is -2.27. The lowest BCUT2D eigenvalue weighted by molar-refractivity contribution is -0.125. The number of nitrogens with zero attached hydrogens (tertiary/aromatic N) is 1. The van der Waals surface area contributed by atoms with E-state index in [9.17, 15) is 9.59 Å². The third-order valence-electron chi connectivity index (χ3n) is 6.74. The minimum absolute atomic E-state index is 0.0109. The summed E-state index contributed by atoms with van der Waals surface area (Å²) in [5, 5.41) is 3.30. The van der Waals surface area contributed by atoms with Gasteiger partial charge in [-0.05, 0) is 56.2 Å². The van der Waals surface area contributed by atoms with Crippen molar-refractivity contribution in [3.8, 4) is 0 Å². The summed E-state index contributed by atoms with van der Waals surface area (Å²) >= 11 is 1.80. The van der Waals surface area contributed by atoms with E-state index in [1.165, 1.54) is 24.8 Å². The van der Waals surface area contributed by atoms with Crippen molar-refractivity contribution in [2.24, 2.45) is 5.92 Å². The molecule has 3 unspecified atom stereocenters. The van der Waals surface area contributed by atoms with Crippen LogP contribution in [0, 0.1) is 5.92 Å². The maximum Gasteiger partial charge on any atom is 0.255 e. The fourth-order valence-electron chi connectivity index (χ4n) is 4.94. The van der Waals surface area contributed by atoms with E-state index in [4.69, 9.17) is 0 Å². The molecule has 2 aromatic carbocycles. The van der Waals surface area contributed by atoms with Crippen LogP contribution in [0.5, 0.6) is 0 Å². The van der Waals surface area contributed by atoms with E-state index >= 15 is 0 Å². The van der Waals surface area contributed by atoms with Crippen LogP contribution in [-0.4, -0.2) is 39.9 Å². The number of thioether (sulfide) groups is 1. The average molecular weight is 451 g/mol. The molecule has 32 heavy (non-hydrogen) atoms. The number of nitrogens with one attached hydrogen (secondary N) is 1. The second-order valence-electron chi connectivity index (χ2n) is 9.15. The van der Waals surface area contributed by atoms with Gasteiger partial charge in [0, 0.05) is 17.4 Å². The number of amides is 2. The molecular weight excluding hydrogens is 416 g/mol. The monoisotopic (exact) mass is 450 g/mol. The summed E-state index contributed by atoms with van der Waals surface area (Å²) < 4.78 is 0. The van der Waals surface area contributed by atoms with Crippen LogP contribution in [-0.2, 0) is 11.2 Å². The SMILES string of the molecule is CC(CCc1ccccc1)NC(=O)C1CSC(C2CCCCC2)N1C(=O)c1ccccc1. The zero-order valence-corrected chi connectivity index (χ0v) is 19.7. The summed E-state index contributed by atoms with van der Waals surface area (Å²) in [4.78, 5) is 28.8. The molecule has 1 N–H and O–H groups in total. The lowest BCUT2D eigenvalue weighted by atomic mass is 9.88. The predicted molar refractivity (Wildman–Crippen MR) is 132 cm³/mol. The van der Waals surface area contributed by atoms with Crippen molar-refractivity contribution in [3.05, 3.63) is 71.8 Å². The van der Waals surface area contributed by atoms with Gasteiger partial charge in [0.2, 0.25) is 5.91 Å². The smallest absolute Gasteiger partial charge is 0.255 e. The number of carbonyl (C=O) groups is 2. The van der Waals surface area contributed by atoms with Crippen molar-refractivity contribution in [2.75, 3.05) is 5.75 Å². The maximum atomic E-state index is 13.5. The molecule has 0 radical (unpaired) electrons. The molecule has 0 bridgehead atoms. The second kappa shape index (κ2) is 11.0. The Morgan fingerprint density at radius 3 is 2.34 bits per heavy atom. The maximum absolute atomic E-state index is 13.5. The topological polar surface area (TPSA) is 49.4 Å². The molecule has 2 fully saturated rings. The van der Waals surface area contributed by atoms with Crippen molar-refractivity contribution in [2.45, 2.75) is 69.3 Å². The molecular formula is C27H34N2O2S. The first kappa shape index (κ1) is 22.9. The normalized spacial score (nSPS) is 22.5. The van der Waals surface area contributed by atoms with Crippen LogP contribution in [0.25, 0.3) is 0 Å². The zero-order chi connectivity index (χ0) is 22.3. The number of hydrogen-bond acceptors (Lipinski definition) is 3. The van der Waals surface area contributed by atoms with Gasteiger partial charge in [0.25, 0.3) is 5.91 Å². The quantitative estimate of drug-likeness (QED) is 0.624. The highest BCUT2D eigenvalue weighted by atomic mass is 32.2. The highest BCUT2D eigenvalue weighted by Crippen LogP contribution is 2.41. The van der Waals surface area contributed by atoms with Crippen molar-refractivity contribution < 1.29 is 9.59 Å². The summed E-state index contributed by atoms with van der Waals surface area (Å²) in [6.45, 7) is 2.06. The zero-order valence-electron chi connectivity index (χ0n) is 18.9. The number of rotatable bonds is 7. The summed E-state index contributed by atoms with van der Waals surface area (Å²) in [6.07, 6.45) is 7.85. The van der Waals surface area contributed by atoms with Gasteiger partial charge in [-0.15, -0.1) is 11.8 Å². The molecule has 5 heteroatoms. The fraction of sp³-hybridized carbons (Fsp3) is 0.481. The van der Waals surface area contributed by atoms with Crippen molar-refractivity contribution in [1.82, 2.24) is 10.2 Å². The minimum atomic E-state index is -0.404. The van der Waals surface area contributed by atoms with Gasteiger partial charge in [0.1, 0.15) is 6.04 Å². The molecule has 2 amide bonds. The summed E-state index contributed by atoms with van der Waals surface area (Å²) in [5.41, 5.74) is 1.95. The average Bonchev–Trinajstić information content (AvgIpc) is 3.29. The molecule has 4 nitrogen and oxygen atoms in total. The molecule has 2 aromatic rings.